The number of nitrogens with zero attached hydrogens (tertiary/aromatic N) is 3. The van der Waals surface area contributed by atoms with Gasteiger partial charge in [0.15, 0.2) is 0 Å². The third kappa shape index (κ3) is 2.12. The van der Waals surface area contributed by atoms with Crippen LogP contribution in [-0.2, 0) is 0 Å². The van der Waals surface area contributed by atoms with Crippen LogP contribution in [0.3, 0.4) is 0 Å². The van der Waals surface area contributed by atoms with Crippen molar-refractivity contribution in [2.45, 2.75) is 19.4 Å². The van der Waals surface area contributed by atoms with E-state index in [1.54, 1.807) is 0 Å². The number of aromatic amines is 1. The van der Waals surface area contributed by atoms with Gasteiger partial charge in [0.05, 0.1) is 5.39 Å². The lowest BCUT2D eigenvalue weighted by atomic mass is 9.93. The van der Waals surface area contributed by atoms with Gasteiger partial charge >= 0.3 is 0 Å². The maximum Gasteiger partial charge on any atom is 0.223 e. The van der Waals surface area contributed by atoms with Gasteiger partial charge in [-0.1, -0.05) is 6.92 Å². The molecule has 2 aromatic rings. The molecule has 1 aliphatic heterocycles. The fourth-order valence-corrected chi connectivity index (χ4v) is 2.86. The molecule has 0 aromatic carbocycles. The lowest BCUT2D eigenvalue weighted by molar-refractivity contribution is 0.338. The van der Waals surface area contributed by atoms with E-state index in [-0.39, 0.29) is 0 Å². The van der Waals surface area contributed by atoms with E-state index in [9.17, 15) is 0 Å². The molecule has 0 radical (unpaired) electrons. The predicted octanol–water partition coefficient (Wildman–Crippen LogP) is 0.974. The van der Waals surface area contributed by atoms with Gasteiger partial charge in [-0.2, -0.15) is 9.97 Å². The van der Waals surface area contributed by atoms with Crippen LogP contribution in [0.15, 0.2) is 12.3 Å². The Hall–Kier alpha value is -1.82. The Morgan fingerprint density at radius 1 is 1.42 bits per heavy atom. The molecule has 3 heterocycles. The topological polar surface area (TPSA) is 82.9 Å². The van der Waals surface area contributed by atoms with Gasteiger partial charge in [-0.25, -0.2) is 0 Å². The summed E-state index contributed by atoms with van der Waals surface area (Å²) in [6.45, 7) is 4.37. The fraction of sp³-hybridized carbons (Fsp3) is 0.538. The summed E-state index contributed by atoms with van der Waals surface area (Å²) < 4.78 is 0. The van der Waals surface area contributed by atoms with Crippen LogP contribution in [0, 0.1) is 5.92 Å². The number of aromatic nitrogens is 3. The first-order valence-corrected chi connectivity index (χ1v) is 6.71. The number of rotatable bonds is 2. The SMILES string of the molecule is C[C@@H]1CCNC[C@@H]1N(C)c1nc(N)nc2[nH]ccc12. The van der Waals surface area contributed by atoms with Gasteiger partial charge in [0.2, 0.25) is 5.95 Å². The first-order valence-electron chi connectivity index (χ1n) is 6.71. The Morgan fingerprint density at radius 3 is 3.05 bits per heavy atom. The summed E-state index contributed by atoms with van der Waals surface area (Å²) in [5.41, 5.74) is 6.60. The van der Waals surface area contributed by atoms with E-state index in [0.717, 1.165) is 29.9 Å². The highest BCUT2D eigenvalue weighted by Crippen LogP contribution is 2.27. The third-order valence-corrected chi connectivity index (χ3v) is 4.03. The minimum Gasteiger partial charge on any atom is -0.368 e. The summed E-state index contributed by atoms with van der Waals surface area (Å²) in [7, 11) is 2.09. The highest BCUT2D eigenvalue weighted by molar-refractivity contribution is 5.88. The number of hydrogen-bond donors (Lipinski definition) is 3. The maximum absolute atomic E-state index is 5.80. The summed E-state index contributed by atoms with van der Waals surface area (Å²) in [5.74, 6) is 1.86. The van der Waals surface area contributed by atoms with Crippen molar-refractivity contribution < 1.29 is 0 Å². The van der Waals surface area contributed by atoms with Gasteiger partial charge in [-0.15, -0.1) is 0 Å². The fourth-order valence-electron chi connectivity index (χ4n) is 2.86. The maximum atomic E-state index is 5.80. The Bertz CT molecular complexity index is 578. The van der Waals surface area contributed by atoms with Crippen LogP contribution >= 0.6 is 0 Å². The third-order valence-electron chi connectivity index (χ3n) is 4.03. The molecule has 1 aliphatic rings. The number of nitrogens with two attached hydrogens (primary N) is 1. The normalized spacial score (nSPS) is 23.7. The lowest BCUT2D eigenvalue weighted by Gasteiger charge is -2.37. The van der Waals surface area contributed by atoms with Crippen LogP contribution in [0.2, 0.25) is 0 Å². The summed E-state index contributed by atoms with van der Waals surface area (Å²) in [6.07, 6.45) is 3.06. The summed E-state index contributed by atoms with van der Waals surface area (Å²) in [5, 5.41) is 4.47. The molecule has 0 aliphatic carbocycles. The lowest BCUT2D eigenvalue weighted by Crippen LogP contribution is -2.49. The minimum atomic E-state index is 0.313. The molecule has 4 N–H and O–H groups in total. The van der Waals surface area contributed by atoms with E-state index >= 15 is 0 Å². The molecule has 6 heteroatoms. The zero-order valence-electron chi connectivity index (χ0n) is 11.3. The van der Waals surface area contributed by atoms with E-state index in [1.807, 2.05) is 12.3 Å². The van der Waals surface area contributed by atoms with Gasteiger partial charge in [-0.05, 0) is 24.9 Å². The average molecular weight is 260 g/mol. The van der Waals surface area contributed by atoms with Crippen LogP contribution in [0.5, 0.6) is 0 Å². The highest BCUT2D eigenvalue weighted by atomic mass is 15.2. The van der Waals surface area contributed by atoms with Crippen molar-refractivity contribution in [1.82, 2.24) is 20.3 Å². The van der Waals surface area contributed by atoms with E-state index in [2.05, 4.69) is 39.1 Å². The van der Waals surface area contributed by atoms with E-state index in [4.69, 9.17) is 5.73 Å². The van der Waals surface area contributed by atoms with E-state index in [0.29, 0.717) is 17.9 Å². The molecule has 6 nitrogen and oxygen atoms in total. The molecular formula is C13H20N6. The Labute approximate surface area is 112 Å². The van der Waals surface area contributed by atoms with Crippen molar-refractivity contribution in [2.75, 3.05) is 30.8 Å². The predicted molar refractivity (Wildman–Crippen MR) is 77.1 cm³/mol. The van der Waals surface area contributed by atoms with Crippen molar-refractivity contribution in [2.24, 2.45) is 5.92 Å². The summed E-state index contributed by atoms with van der Waals surface area (Å²) in [4.78, 5) is 14.0. The number of likely N-dealkylation sites (N-methyl/N-ethyl adjacent to an activating group) is 1. The molecular weight excluding hydrogens is 240 g/mol. The molecule has 0 spiro atoms. The van der Waals surface area contributed by atoms with Crippen molar-refractivity contribution in [3.8, 4) is 0 Å². The molecule has 2 aromatic heterocycles. The molecule has 3 rings (SSSR count). The molecule has 1 saturated heterocycles. The number of piperidine rings is 1. The van der Waals surface area contributed by atoms with Gasteiger partial charge in [0.1, 0.15) is 11.5 Å². The van der Waals surface area contributed by atoms with Crippen LogP contribution in [0.1, 0.15) is 13.3 Å². The summed E-state index contributed by atoms with van der Waals surface area (Å²) >= 11 is 0. The Morgan fingerprint density at radius 2 is 2.26 bits per heavy atom. The molecule has 2 atom stereocenters. The molecule has 102 valence electrons. The number of nitrogen functional groups attached to an aromatic ring is 1. The van der Waals surface area contributed by atoms with Crippen molar-refractivity contribution >= 4 is 22.8 Å². The second-order valence-corrected chi connectivity index (χ2v) is 5.29. The molecule has 1 fully saturated rings. The first kappa shape index (κ1) is 12.2. The largest absolute Gasteiger partial charge is 0.368 e. The quantitative estimate of drug-likeness (QED) is 0.749. The van der Waals surface area contributed by atoms with Gasteiger partial charge < -0.3 is 20.9 Å². The molecule has 0 saturated carbocycles. The Balaban J connectivity index is 2.00. The van der Waals surface area contributed by atoms with Crippen molar-refractivity contribution in [3.05, 3.63) is 12.3 Å². The number of fused-ring (bicyclic) bond motifs is 1. The molecule has 0 unspecified atom stereocenters. The second kappa shape index (κ2) is 4.70. The second-order valence-electron chi connectivity index (χ2n) is 5.29. The average Bonchev–Trinajstić information content (AvgIpc) is 2.85. The monoisotopic (exact) mass is 260 g/mol. The number of H-pyrrole nitrogens is 1. The van der Waals surface area contributed by atoms with Crippen LogP contribution in [0.4, 0.5) is 11.8 Å². The number of anilines is 2. The first-order chi connectivity index (χ1) is 9.16. The molecule has 0 bridgehead atoms. The molecule has 0 amide bonds. The number of hydrogen-bond acceptors (Lipinski definition) is 5. The molecule has 19 heavy (non-hydrogen) atoms. The van der Waals surface area contributed by atoms with Crippen molar-refractivity contribution in [1.29, 1.82) is 0 Å². The minimum absolute atomic E-state index is 0.313. The summed E-state index contributed by atoms with van der Waals surface area (Å²) in [6, 6.07) is 2.43. The Kier molecular flexibility index (Phi) is 3.02. The van der Waals surface area contributed by atoms with Gasteiger partial charge in [0.25, 0.3) is 0 Å². The van der Waals surface area contributed by atoms with Gasteiger partial charge in [-0.3, -0.25) is 0 Å². The van der Waals surface area contributed by atoms with Crippen LogP contribution in [-0.4, -0.2) is 41.1 Å². The van der Waals surface area contributed by atoms with Gasteiger partial charge in [0, 0.05) is 25.8 Å². The zero-order chi connectivity index (χ0) is 13.4. The zero-order valence-corrected chi connectivity index (χ0v) is 11.3. The van der Waals surface area contributed by atoms with Crippen LogP contribution in [0.25, 0.3) is 11.0 Å². The van der Waals surface area contributed by atoms with E-state index < -0.39 is 0 Å². The highest BCUT2D eigenvalue weighted by Gasteiger charge is 2.27. The smallest absolute Gasteiger partial charge is 0.223 e. The van der Waals surface area contributed by atoms with Crippen molar-refractivity contribution in [3.63, 3.8) is 0 Å². The number of nitrogens with one attached hydrogen (secondary N) is 2. The van der Waals surface area contributed by atoms with E-state index in [1.165, 1.54) is 6.42 Å². The van der Waals surface area contributed by atoms with Crippen LogP contribution < -0.4 is 16.0 Å². The standard InChI is InChI=1S/C13H20N6/c1-8-3-5-15-7-10(8)19(2)12-9-4-6-16-11(9)17-13(14)18-12/h4,6,8,10,15H,3,5,7H2,1-2H3,(H3,14,16,17,18)/t8-,10+/m1/s1.